The van der Waals surface area contributed by atoms with Gasteiger partial charge in [-0.3, -0.25) is 0 Å². The molecule has 3 rings (SSSR count). The summed E-state index contributed by atoms with van der Waals surface area (Å²) in [6, 6.07) is 9.32. The summed E-state index contributed by atoms with van der Waals surface area (Å²) in [6.45, 7) is 6.18. The second kappa shape index (κ2) is 5.39. The number of likely N-dealkylation sites (N-methyl/N-ethyl adjacent to an activating group) is 1. The van der Waals surface area contributed by atoms with Gasteiger partial charge in [0, 0.05) is 23.7 Å². The van der Waals surface area contributed by atoms with Crippen molar-refractivity contribution in [3.8, 4) is 0 Å². The van der Waals surface area contributed by atoms with E-state index in [-0.39, 0.29) is 0 Å². The fourth-order valence-corrected chi connectivity index (χ4v) is 3.93. The monoisotopic (exact) mass is 301 g/mol. The van der Waals surface area contributed by atoms with E-state index in [4.69, 9.17) is 0 Å². The summed E-state index contributed by atoms with van der Waals surface area (Å²) < 4.78 is 2.23. The summed E-state index contributed by atoms with van der Waals surface area (Å²) >= 11 is 0. The van der Waals surface area contributed by atoms with Gasteiger partial charge in [0.15, 0.2) is 0 Å². The molecule has 1 N–H and O–H groups in total. The zero-order valence-corrected chi connectivity index (χ0v) is 14.8. The highest BCUT2D eigenvalue weighted by Gasteiger charge is 2.37. The normalized spacial score (nSPS) is 25.4. The molecule has 3 nitrogen and oxygen atoms in total. The minimum atomic E-state index is 0.559. The van der Waals surface area contributed by atoms with Gasteiger partial charge in [0.25, 0.3) is 0 Å². The van der Waals surface area contributed by atoms with Crippen molar-refractivity contribution in [3.05, 3.63) is 35.5 Å². The molecule has 0 fully saturated rings. The Morgan fingerprint density at radius 3 is 2.68 bits per heavy atom. The highest BCUT2D eigenvalue weighted by atomic mass is 15.4. The van der Waals surface area contributed by atoms with Gasteiger partial charge in [-0.15, -0.1) is 0 Å². The maximum absolute atomic E-state index is 3.71. The Balaban J connectivity index is 1.82. The quantitative estimate of drug-likeness (QED) is 0.834. The van der Waals surface area contributed by atoms with Crippen LogP contribution in [0.5, 0.6) is 0 Å². The number of nitrogens with zero attached hydrogens (tertiary/aromatic N) is 2. The minimum Gasteiger partial charge on any atom is -0.353 e. The van der Waals surface area contributed by atoms with Crippen LogP contribution in [0.15, 0.2) is 24.3 Å². The molecule has 2 heterocycles. The molecule has 0 radical (unpaired) electrons. The van der Waals surface area contributed by atoms with Crippen molar-refractivity contribution >= 4 is 10.9 Å². The van der Waals surface area contributed by atoms with Crippen molar-refractivity contribution in [1.29, 1.82) is 0 Å². The lowest BCUT2D eigenvalue weighted by molar-refractivity contribution is -0.944. The molecule has 3 heteroatoms. The van der Waals surface area contributed by atoms with Gasteiger partial charge < -0.3 is 14.0 Å². The number of rotatable bonds is 4. The van der Waals surface area contributed by atoms with Gasteiger partial charge in [0.2, 0.25) is 0 Å². The van der Waals surface area contributed by atoms with Gasteiger partial charge in [-0.25, -0.2) is 0 Å². The highest BCUT2D eigenvalue weighted by molar-refractivity contribution is 5.84. The highest BCUT2D eigenvalue weighted by Crippen LogP contribution is 2.37. The molecule has 22 heavy (non-hydrogen) atoms. The maximum atomic E-state index is 3.71. The molecule has 0 spiro atoms. The van der Waals surface area contributed by atoms with Gasteiger partial charge >= 0.3 is 0 Å². The Bertz CT molecular complexity index is 665. The van der Waals surface area contributed by atoms with E-state index in [1.807, 2.05) is 0 Å². The van der Waals surface area contributed by atoms with Crippen LogP contribution in [0, 0.1) is 0 Å². The van der Waals surface area contributed by atoms with E-state index < -0.39 is 0 Å². The van der Waals surface area contributed by atoms with E-state index in [1.165, 1.54) is 53.6 Å². The second-order valence-electron chi connectivity index (χ2n) is 8.28. The van der Waals surface area contributed by atoms with E-state index in [0.717, 1.165) is 4.48 Å². The molecule has 0 saturated carbocycles. The summed E-state index contributed by atoms with van der Waals surface area (Å²) in [5.41, 5.74) is 4.34. The average Bonchev–Trinajstić information content (AvgIpc) is 2.81. The van der Waals surface area contributed by atoms with Gasteiger partial charge in [-0.2, -0.15) is 0 Å². The molecule has 1 aliphatic heterocycles. The van der Waals surface area contributed by atoms with Crippen LogP contribution in [0.1, 0.15) is 30.6 Å². The average molecular weight is 301 g/mol. The third kappa shape index (κ3) is 2.80. The Morgan fingerprint density at radius 2 is 1.95 bits per heavy atom. The maximum Gasteiger partial charge on any atom is 0.127 e. The number of hydrogen-bond acceptors (Lipinski definition) is 0. The van der Waals surface area contributed by atoms with Gasteiger partial charge in [-0.05, 0) is 18.6 Å². The summed E-state index contributed by atoms with van der Waals surface area (Å²) in [6.07, 6.45) is 2.49. The lowest BCUT2D eigenvalue weighted by atomic mass is 9.95. The zero-order valence-electron chi connectivity index (χ0n) is 14.8. The van der Waals surface area contributed by atoms with Crippen molar-refractivity contribution in [2.75, 3.05) is 47.8 Å². The Hall–Kier alpha value is -1.32. The predicted octanol–water partition coefficient (Wildman–Crippen LogP) is 3.33. The number of para-hydroxylation sites is 1. The largest absolute Gasteiger partial charge is 0.353 e. The fourth-order valence-electron chi connectivity index (χ4n) is 3.93. The summed E-state index contributed by atoms with van der Waals surface area (Å²) in [5.74, 6) is 0. The van der Waals surface area contributed by atoms with Gasteiger partial charge in [0.05, 0.1) is 53.5 Å². The Labute approximate surface area is 134 Å². The standard InChI is InChI=1S/C19H31N3/c1-15-19-17(16-9-6-7-10-18(16)20-19)11-14-22(15,5)13-8-12-21(2,3)4/h6-7,9-10,15,20H,8,11-14H2,1-5H3/q+2. The van der Waals surface area contributed by atoms with Crippen LogP contribution < -0.4 is 0 Å². The third-order valence-corrected chi connectivity index (χ3v) is 5.57. The van der Waals surface area contributed by atoms with Crippen LogP contribution in [-0.2, 0) is 6.42 Å². The third-order valence-electron chi connectivity index (χ3n) is 5.57. The van der Waals surface area contributed by atoms with E-state index in [9.17, 15) is 0 Å². The molecule has 1 aromatic heterocycles. The zero-order chi connectivity index (χ0) is 16.0. The van der Waals surface area contributed by atoms with E-state index in [2.05, 4.69) is 64.4 Å². The molecule has 2 atom stereocenters. The number of quaternary nitrogens is 2. The molecular formula is C19H31N3+2. The van der Waals surface area contributed by atoms with Crippen LogP contribution in [-0.4, -0.2) is 61.8 Å². The van der Waals surface area contributed by atoms with Crippen LogP contribution in [0.2, 0.25) is 0 Å². The first kappa shape index (κ1) is 15.6. The van der Waals surface area contributed by atoms with Crippen LogP contribution >= 0.6 is 0 Å². The van der Waals surface area contributed by atoms with Crippen molar-refractivity contribution in [2.24, 2.45) is 0 Å². The lowest BCUT2D eigenvalue weighted by Gasteiger charge is -2.43. The molecule has 1 aromatic carbocycles. The summed E-state index contributed by atoms with van der Waals surface area (Å²) in [5, 5.41) is 1.43. The summed E-state index contributed by atoms with van der Waals surface area (Å²) in [7, 11) is 9.30. The van der Waals surface area contributed by atoms with Gasteiger partial charge in [-0.1, -0.05) is 18.2 Å². The summed E-state index contributed by atoms with van der Waals surface area (Å²) in [4.78, 5) is 3.71. The number of H-pyrrole nitrogens is 1. The SMILES string of the molecule is CC1c2[nH]c3ccccc3c2CC[N+]1(C)CCC[N+](C)(C)C. The molecule has 1 aliphatic rings. The van der Waals surface area contributed by atoms with Crippen LogP contribution in [0.25, 0.3) is 10.9 Å². The number of benzene rings is 1. The van der Waals surface area contributed by atoms with Crippen molar-refractivity contribution in [1.82, 2.24) is 4.98 Å². The molecule has 2 unspecified atom stereocenters. The van der Waals surface area contributed by atoms with E-state index in [1.54, 1.807) is 5.56 Å². The molecule has 0 saturated heterocycles. The van der Waals surface area contributed by atoms with Crippen LogP contribution in [0.3, 0.4) is 0 Å². The lowest BCUT2D eigenvalue weighted by Crippen LogP contribution is -2.51. The number of hydrogen-bond donors (Lipinski definition) is 1. The fraction of sp³-hybridized carbons (Fsp3) is 0.579. The van der Waals surface area contributed by atoms with Crippen LogP contribution in [0.4, 0.5) is 0 Å². The smallest absolute Gasteiger partial charge is 0.127 e. The molecular weight excluding hydrogens is 270 g/mol. The van der Waals surface area contributed by atoms with Crippen molar-refractivity contribution < 1.29 is 8.97 Å². The number of nitrogens with one attached hydrogen (secondary N) is 1. The molecule has 120 valence electrons. The number of aromatic nitrogens is 1. The first-order chi connectivity index (χ1) is 10.3. The first-order valence-electron chi connectivity index (χ1n) is 8.54. The second-order valence-corrected chi connectivity index (χ2v) is 8.28. The topological polar surface area (TPSA) is 15.8 Å². The molecule has 0 bridgehead atoms. The molecule has 2 aromatic rings. The Kier molecular flexibility index (Phi) is 3.82. The van der Waals surface area contributed by atoms with Crippen molar-refractivity contribution in [3.63, 3.8) is 0 Å². The number of aromatic amines is 1. The predicted molar refractivity (Wildman–Crippen MR) is 93.9 cm³/mol. The van der Waals surface area contributed by atoms with E-state index >= 15 is 0 Å². The molecule has 0 amide bonds. The number of fused-ring (bicyclic) bond motifs is 3. The minimum absolute atomic E-state index is 0.559. The Morgan fingerprint density at radius 1 is 1.23 bits per heavy atom. The van der Waals surface area contributed by atoms with Crippen molar-refractivity contribution in [2.45, 2.75) is 25.8 Å². The first-order valence-corrected chi connectivity index (χ1v) is 8.54. The van der Waals surface area contributed by atoms with E-state index in [0.29, 0.717) is 6.04 Å². The van der Waals surface area contributed by atoms with Gasteiger partial charge in [0.1, 0.15) is 6.04 Å². The molecule has 0 aliphatic carbocycles.